The van der Waals surface area contributed by atoms with Crippen molar-refractivity contribution < 1.29 is 53.4 Å². The molecule has 23 nitrogen and oxygen atoms in total. The summed E-state index contributed by atoms with van der Waals surface area (Å²) in [6, 6.07) is -8.35. The van der Waals surface area contributed by atoms with Crippen LogP contribution in [0.2, 0.25) is 0 Å². The van der Waals surface area contributed by atoms with Crippen LogP contribution in [0.5, 0.6) is 0 Å². The second-order valence-corrected chi connectivity index (χ2v) is 9.74. The Morgan fingerprint density at radius 1 is 0.681 bits per heavy atom. The van der Waals surface area contributed by atoms with Crippen molar-refractivity contribution >= 4 is 53.2 Å². The van der Waals surface area contributed by atoms with Crippen LogP contribution in [-0.4, -0.2) is 130 Å². The first-order valence-electron chi connectivity index (χ1n) is 13.6. The van der Waals surface area contributed by atoms with E-state index in [0.717, 1.165) is 0 Å². The van der Waals surface area contributed by atoms with Gasteiger partial charge in [0.05, 0.1) is 45.5 Å². The molecular weight excluding hydrogens is 632 g/mol. The molecular formula is C24H38N12O11. The predicted octanol–water partition coefficient (Wildman–Crippen LogP) is -9.33. The van der Waals surface area contributed by atoms with E-state index in [1.807, 2.05) is 16.0 Å². The largest absolute Gasteiger partial charge is 0.394 e. The number of aliphatic hydroxyl groups is 2. The molecule has 0 bridgehead atoms. The molecule has 0 saturated heterocycles. The molecule has 0 radical (unpaired) electrons. The lowest BCUT2D eigenvalue weighted by Crippen LogP contribution is -2.61. The number of H-pyrrole nitrogens is 1. The highest BCUT2D eigenvalue weighted by Crippen LogP contribution is 2.02. The van der Waals surface area contributed by atoms with Gasteiger partial charge in [-0.1, -0.05) is 0 Å². The average Bonchev–Trinajstić information content (AvgIpc) is 3.52. The molecule has 0 aliphatic heterocycles. The second-order valence-electron chi connectivity index (χ2n) is 9.74. The zero-order valence-electron chi connectivity index (χ0n) is 24.8. The normalized spacial score (nSPS) is 13.8. The number of nitrogens with two attached hydrogens (primary N) is 4. The van der Waals surface area contributed by atoms with E-state index in [9.17, 15) is 53.4 Å². The smallest absolute Gasteiger partial charge is 0.245 e. The molecule has 1 aromatic heterocycles. The fraction of sp³-hybridized carbons (Fsp3) is 0.500. The van der Waals surface area contributed by atoms with Crippen LogP contribution in [-0.2, 0) is 49.6 Å². The van der Waals surface area contributed by atoms with E-state index in [4.69, 9.17) is 22.9 Å². The Balaban J connectivity index is 3.01. The highest BCUT2D eigenvalue weighted by molar-refractivity contribution is 5.98. The van der Waals surface area contributed by atoms with Gasteiger partial charge in [0.15, 0.2) is 0 Å². The third kappa shape index (κ3) is 14.3. The Labute approximate surface area is 265 Å². The fourth-order valence-electron chi connectivity index (χ4n) is 3.63. The minimum absolute atomic E-state index is 0.177. The molecule has 0 spiro atoms. The van der Waals surface area contributed by atoms with Crippen molar-refractivity contribution in [3.63, 3.8) is 0 Å². The summed E-state index contributed by atoms with van der Waals surface area (Å²) in [5.41, 5.74) is 20.8. The summed E-state index contributed by atoms with van der Waals surface area (Å²) in [4.78, 5) is 116. The molecule has 1 heterocycles. The number of nitrogens with one attached hydrogen (secondary N) is 7. The maximum atomic E-state index is 13.1. The third-order valence-corrected chi connectivity index (χ3v) is 6.00. The van der Waals surface area contributed by atoms with Crippen molar-refractivity contribution in [3.8, 4) is 0 Å². The summed E-state index contributed by atoms with van der Waals surface area (Å²) >= 11 is 0. The van der Waals surface area contributed by atoms with Crippen LogP contribution in [0.15, 0.2) is 12.5 Å². The van der Waals surface area contributed by atoms with Gasteiger partial charge in [-0.05, 0) is 0 Å². The monoisotopic (exact) mass is 670 g/mol. The maximum absolute atomic E-state index is 13.1. The van der Waals surface area contributed by atoms with Crippen LogP contribution in [0.3, 0.4) is 0 Å². The number of rotatable bonds is 21. The van der Waals surface area contributed by atoms with Crippen LogP contribution in [0.4, 0.5) is 0 Å². The Morgan fingerprint density at radius 3 is 1.60 bits per heavy atom. The molecule has 0 aromatic carbocycles. The van der Waals surface area contributed by atoms with E-state index in [1.54, 1.807) is 0 Å². The van der Waals surface area contributed by atoms with Gasteiger partial charge < -0.3 is 70.0 Å². The fourth-order valence-corrected chi connectivity index (χ4v) is 3.63. The predicted molar refractivity (Wildman–Crippen MR) is 155 cm³/mol. The van der Waals surface area contributed by atoms with Gasteiger partial charge in [0.2, 0.25) is 53.2 Å². The summed E-state index contributed by atoms with van der Waals surface area (Å²) < 4.78 is 0. The number of nitrogens with zero attached hydrogens (tertiary/aromatic N) is 1. The van der Waals surface area contributed by atoms with Gasteiger partial charge in [-0.25, -0.2) is 4.98 Å². The second kappa shape index (κ2) is 19.7. The molecule has 1 aromatic rings. The first-order valence-corrected chi connectivity index (χ1v) is 13.6. The molecule has 0 aliphatic rings. The van der Waals surface area contributed by atoms with E-state index in [-0.39, 0.29) is 6.42 Å². The van der Waals surface area contributed by atoms with Crippen molar-refractivity contribution in [1.29, 1.82) is 0 Å². The number of primary amides is 3. The number of carbonyl (C=O) groups excluding carboxylic acids is 9. The van der Waals surface area contributed by atoms with Crippen LogP contribution in [0, 0.1) is 0 Å². The van der Waals surface area contributed by atoms with Crippen molar-refractivity contribution in [2.45, 2.75) is 49.5 Å². The lowest BCUT2D eigenvalue weighted by Gasteiger charge is -2.25. The Kier molecular flexibility index (Phi) is 16.5. The number of hydrogen-bond acceptors (Lipinski definition) is 13. The first kappa shape index (κ1) is 39.3. The van der Waals surface area contributed by atoms with Crippen LogP contribution in [0.1, 0.15) is 18.5 Å². The summed E-state index contributed by atoms with van der Waals surface area (Å²) in [7, 11) is 0. The zero-order valence-corrected chi connectivity index (χ0v) is 24.8. The van der Waals surface area contributed by atoms with Crippen molar-refractivity contribution in [1.82, 2.24) is 41.9 Å². The van der Waals surface area contributed by atoms with Crippen LogP contribution in [0.25, 0.3) is 0 Å². The van der Waals surface area contributed by atoms with E-state index in [2.05, 4.69) is 25.9 Å². The molecule has 1 rings (SSSR count). The minimum atomic E-state index is -1.83. The number of aromatic amines is 1. The number of imidazole rings is 1. The van der Waals surface area contributed by atoms with Crippen molar-refractivity contribution in [2.24, 2.45) is 22.9 Å². The third-order valence-electron chi connectivity index (χ3n) is 6.00. The Hall–Kier alpha value is -5.68. The highest BCUT2D eigenvalue weighted by atomic mass is 16.3. The maximum Gasteiger partial charge on any atom is 0.245 e. The van der Waals surface area contributed by atoms with E-state index >= 15 is 0 Å². The molecule has 47 heavy (non-hydrogen) atoms. The van der Waals surface area contributed by atoms with Gasteiger partial charge in [-0.15, -0.1) is 0 Å². The molecule has 0 unspecified atom stereocenters. The number of aromatic nitrogens is 2. The highest BCUT2D eigenvalue weighted by Gasteiger charge is 2.33. The van der Waals surface area contributed by atoms with Crippen LogP contribution >= 0.6 is 0 Å². The molecule has 0 fully saturated rings. The molecule has 0 saturated carbocycles. The summed E-state index contributed by atoms with van der Waals surface area (Å²) in [5, 5.41) is 32.4. The quantitative estimate of drug-likeness (QED) is 0.0578. The van der Waals surface area contributed by atoms with Gasteiger partial charge in [-0.2, -0.15) is 0 Å². The molecule has 0 aliphatic carbocycles. The van der Waals surface area contributed by atoms with E-state index < -0.39 is 123 Å². The summed E-state index contributed by atoms with van der Waals surface area (Å²) in [6.45, 7) is -3.05. The van der Waals surface area contributed by atoms with Crippen LogP contribution < -0.4 is 54.8 Å². The number of aliphatic hydroxyl groups excluding tert-OH is 2. The first-order chi connectivity index (χ1) is 22.1. The van der Waals surface area contributed by atoms with E-state index in [1.165, 1.54) is 12.5 Å². The standard InChI is InChI=1S/C24H38N12O11/c25-4-18(41)30-6-19(42)32-12(1-10-5-29-9-31-10)21(44)35-15(8-38)24(47)36-14(7-37)23(46)34-13(3-17(27)40)22(45)33-11(20(28)43)2-16(26)39/h5,9,11-15,37-38H,1-4,6-8,25H2,(H2,26,39)(H2,27,40)(H2,28,43)(H,29,31)(H,30,41)(H,32,42)(H,33,45)(H,34,46)(H,35,44)(H,36,47)/t11-,12-,13-,14-,15-/m0/s1. The number of carbonyl (C=O) groups is 9. The lowest BCUT2D eigenvalue weighted by molar-refractivity contribution is -0.137. The molecule has 23 heteroatoms. The molecule has 17 N–H and O–H groups in total. The number of hydrogen-bond donors (Lipinski definition) is 13. The number of amides is 9. The Morgan fingerprint density at radius 2 is 1.15 bits per heavy atom. The summed E-state index contributed by atoms with van der Waals surface area (Å²) in [6.07, 6.45) is 0.927. The van der Waals surface area contributed by atoms with E-state index in [0.29, 0.717) is 5.69 Å². The topological polar surface area (TPSA) is 399 Å². The van der Waals surface area contributed by atoms with Crippen molar-refractivity contribution in [2.75, 3.05) is 26.3 Å². The SMILES string of the molecule is NCC(=O)NCC(=O)N[C@@H](Cc1cnc[nH]1)C(=O)N[C@@H](CO)C(=O)N[C@@H](CO)C(=O)N[C@@H](CC(N)=O)C(=O)N[C@@H](CC(N)=O)C(N)=O. The molecule has 260 valence electrons. The van der Waals surface area contributed by atoms with Gasteiger partial charge >= 0.3 is 0 Å². The van der Waals surface area contributed by atoms with Gasteiger partial charge in [0.25, 0.3) is 0 Å². The zero-order chi connectivity index (χ0) is 35.7. The Bertz CT molecular complexity index is 1310. The van der Waals surface area contributed by atoms with Gasteiger partial charge in [0, 0.05) is 18.3 Å². The van der Waals surface area contributed by atoms with Crippen molar-refractivity contribution in [3.05, 3.63) is 18.2 Å². The van der Waals surface area contributed by atoms with Gasteiger partial charge in [0.1, 0.15) is 30.2 Å². The minimum Gasteiger partial charge on any atom is -0.394 e. The molecule has 5 atom stereocenters. The lowest BCUT2D eigenvalue weighted by atomic mass is 10.1. The summed E-state index contributed by atoms with van der Waals surface area (Å²) in [5.74, 6) is -9.36. The average molecular weight is 671 g/mol. The van der Waals surface area contributed by atoms with Gasteiger partial charge in [-0.3, -0.25) is 43.2 Å². The molecule has 9 amide bonds.